The standard InChI is InChI=1S/C13H15BrN2O2/c1-9(2)16-7-11(14)5-12(16)13(17)15-6-10-3-4-18-8-10/h3-5,7-9H,6H2,1-2H3,(H,15,17). The van der Waals surface area contributed by atoms with Gasteiger partial charge in [-0.15, -0.1) is 0 Å². The Morgan fingerprint density at radius 1 is 1.56 bits per heavy atom. The van der Waals surface area contributed by atoms with Crippen LogP contribution in [0.1, 0.15) is 35.9 Å². The topological polar surface area (TPSA) is 47.2 Å². The Morgan fingerprint density at radius 2 is 2.33 bits per heavy atom. The van der Waals surface area contributed by atoms with Crippen LogP contribution in [0.5, 0.6) is 0 Å². The van der Waals surface area contributed by atoms with Crippen LogP contribution in [0.3, 0.4) is 0 Å². The predicted octanol–water partition coefficient (Wildman–Crippen LogP) is 3.35. The summed E-state index contributed by atoms with van der Waals surface area (Å²) in [4.78, 5) is 12.1. The molecule has 0 radical (unpaired) electrons. The van der Waals surface area contributed by atoms with Gasteiger partial charge in [0, 0.05) is 28.8 Å². The van der Waals surface area contributed by atoms with Crippen LogP contribution in [-0.4, -0.2) is 10.5 Å². The minimum atomic E-state index is -0.0874. The quantitative estimate of drug-likeness (QED) is 0.941. The number of aromatic nitrogens is 1. The second-order valence-corrected chi connectivity index (χ2v) is 5.27. The summed E-state index contributed by atoms with van der Waals surface area (Å²) in [5.74, 6) is -0.0874. The first-order chi connectivity index (χ1) is 8.58. The third kappa shape index (κ3) is 2.85. The Bertz CT molecular complexity index is 529. The molecule has 0 saturated carbocycles. The molecule has 0 aliphatic carbocycles. The van der Waals surface area contributed by atoms with Gasteiger partial charge in [-0.1, -0.05) is 0 Å². The first kappa shape index (κ1) is 13.0. The zero-order valence-electron chi connectivity index (χ0n) is 10.3. The Morgan fingerprint density at radius 3 is 2.94 bits per heavy atom. The number of halogens is 1. The number of carbonyl (C=O) groups excluding carboxylic acids is 1. The molecule has 2 heterocycles. The molecule has 5 heteroatoms. The molecule has 2 aromatic heterocycles. The van der Waals surface area contributed by atoms with Crippen LogP contribution in [0, 0.1) is 0 Å². The molecule has 4 nitrogen and oxygen atoms in total. The highest BCUT2D eigenvalue weighted by atomic mass is 79.9. The lowest BCUT2D eigenvalue weighted by Gasteiger charge is -2.12. The second-order valence-electron chi connectivity index (χ2n) is 4.36. The van der Waals surface area contributed by atoms with Gasteiger partial charge in [-0.3, -0.25) is 4.79 Å². The van der Waals surface area contributed by atoms with Crippen molar-refractivity contribution in [1.82, 2.24) is 9.88 Å². The molecule has 2 rings (SSSR count). The zero-order valence-corrected chi connectivity index (χ0v) is 11.9. The molecule has 0 atom stereocenters. The molecule has 0 bridgehead atoms. The van der Waals surface area contributed by atoms with Gasteiger partial charge in [0.25, 0.3) is 5.91 Å². The van der Waals surface area contributed by atoms with Gasteiger partial charge < -0.3 is 14.3 Å². The zero-order chi connectivity index (χ0) is 13.1. The Balaban J connectivity index is 2.09. The Hall–Kier alpha value is -1.49. The number of nitrogens with zero attached hydrogens (tertiary/aromatic N) is 1. The van der Waals surface area contributed by atoms with Crippen LogP contribution in [0.15, 0.2) is 39.7 Å². The van der Waals surface area contributed by atoms with E-state index in [-0.39, 0.29) is 11.9 Å². The van der Waals surface area contributed by atoms with E-state index in [1.54, 1.807) is 12.5 Å². The lowest BCUT2D eigenvalue weighted by Crippen LogP contribution is -2.25. The van der Waals surface area contributed by atoms with E-state index in [0.29, 0.717) is 12.2 Å². The SMILES string of the molecule is CC(C)n1cc(Br)cc1C(=O)NCc1ccoc1. The number of hydrogen-bond donors (Lipinski definition) is 1. The van der Waals surface area contributed by atoms with E-state index < -0.39 is 0 Å². The number of carbonyl (C=O) groups is 1. The van der Waals surface area contributed by atoms with Crippen molar-refractivity contribution in [3.05, 3.63) is 46.6 Å². The number of rotatable bonds is 4. The monoisotopic (exact) mass is 310 g/mol. The summed E-state index contributed by atoms with van der Waals surface area (Å²) in [5.41, 5.74) is 1.60. The molecule has 96 valence electrons. The first-order valence-electron chi connectivity index (χ1n) is 5.74. The fraction of sp³-hybridized carbons (Fsp3) is 0.308. The van der Waals surface area contributed by atoms with E-state index >= 15 is 0 Å². The summed E-state index contributed by atoms with van der Waals surface area (Å²) >= 11 is 3.39. The Kier molecular flexibility index (Phi) is 3.91. The van der Waals surface area contributed by atoms with E-state index in [2.05, 4.69) is 21.2 Å². The third-order valence-electron chi connectivity index (χ3n) is 2.64. The summed E-state index contributed by atoms with van der Waals surface area (Å²) < 4.78 is 7.80. The van der Waals surface area contributed by atoms with Crippen LogP contribution in [0.2, 0.25) is 0 Å². The molecular weight excluding hydrogens is 296 g/mol. The molecule has 0 aliphatic heterocycles. The summed E-state index contributed by atoms with van der Waals surface area (Å²) in [5, 5.41) is 2.87. The highest BCUT2D eigenvalue weighted by Crippen LogP contribution is 2.19. The lowest BCUT2D eigenvalue weighted by atomic mass is 10.3. The lowest BCUT2D eigenvalue weighted by molar-refractivity contribution is 0.0940. The van der Waals surface area contributed by atoms with Crippen LogP contribution in [-0.2, 0) is 6.54 Å². The number of amides is 1. The van der Waals surface area contributed by atoms with E-state index in [0.717, 1.165) is 10.0 Å². The molecule has 18 heavy (non-hydrogen) atoms. The molecule has 0 saturated heterocycles. The van der Waals surface area contributed by atoms with Crippen molar-refractivity contribution in [2.24, 2.45) is 0 Å². The van der Waals surface area contributed by atoms with Crippen molar-refractivity contribution >= 4 is 21.8 Å². The average molecular weight is 311 g/mol. The van der Waals surface area contributed by atoms with E-state index in [1.807, 2.05) is 36.7 Å². The van der Waals surface area contributed by atoms with Crippen LogP contribution in [0.25, 0.3) is 0 Å². The Labute approximate surface area is 114 Å². The van der Waals surface area contributed by atoms with Crippen molar-refractivity contribution in [3.63, 3.8) is 0 Å². The summed E-state index contributed by atoms with van der Waals surface area (Å²) in [6.07, 6.45) is 5.13. The smallest absolute Gasteiger partial charge is 0.268 e. The van der Waals surface area contributed by atoms with Crippen LogP contribution < -0.4 is 5.32 Å². The highest BCUT2D eigenvalue weighted by molar-refractivity contribution is 9.10. The number of furan rings is 1. The average Bonchev–Trinajstić information content (AvgIpc) is 2.94. The van der Waals surface area contributed by atoms with Gasteiger partial charge in [0.15, 0.2) is 0 Å². The number of hydrogen-bond acceptors (Lipinski definition) is 2. The van der Waals surface area contributed by atoms with E-state index in [1.165, 1.54) is 0 Å². The molecule has 1 amide bonds. The van der Waals surface area contributed by atoms with E-state index in [9.17, 15) is 4.79 Å². The maximum atomic E-state index is 12.1. The van der Waals surface area contributed by atoms with E-state index in [4.69, 9.17) is 4.42 Å². The van der Waals surface area contributed by atoms with Crippen molar-refractivity contribution in [3.8, 4) is 0 Å². The third-order valence-corrected chi connectivity index (χ3v) is 3.07. The van der Waals surface area contributed by atoms with Crippen molar-refractivity contribution in [1.29, 1.82) is 0 Å². The molecule has 0 unspecified atom stereocenters. The summed E-state index contributed by atoms with van der Waals surface area (Å²) in [6, 6.07) is 3.90. The molecule has 0 aliphatic rings. The molecule has 2 aromatic rings. The van der Waals surface area contributed by atoms with Gasteiger partial charge in [-0.05, 0) is 41.9 Å². The van der Waals surface area contributed by atoms with Crippen molar-refractivity contribution in [2.75, 3.05) is 0 Å². The normalized spacial score (nSPS) is 10.9. The highest BCUT2D eigenvalue weighted by Gasteiger charge is 2.14. The largest absolute Gasteiger partial charge is 0.472 e. The first-order valence-corrected chi connectivity index (χ1v) is 6.54. The summed E-state index contributed by atoms with van der Waals surface area (Å²) in [6.45, 7) is 4.55. The van der Waals surface area contributed by atoms with Gasteiger partial charge in [0.1, 0.15) is 5.69 Å². The van der Waals surface area contributed by atoms with Gasteiger partial charge >= 0.3 is 0 Å². The van der Waals surface area contributed by atoms with Crippen molar-refractivity contribution in [2.45, 2.75) is 26.4 Å². The van der Waals surface area contributed by atoms with Gasteiger partial charge in [-0.25, -0.2) is 0 Å². The van der Waals surface area contributed by atoms with Gasteiger partial charge in [0.2, 0.25) is 0 Å². The van der Waals surface area contributed by atoms with Crippen LogP contribution in [0.4, 0.5) is 0 Å². The molecular formula is C13H15BrN2O2. The molecule has 0 fully saturated rings. The fourth-order valence-corrected chi connectivity index (χ4v) is 2.16. The predicted molar refractivity (Wildman–Crippen MR) is 72.4 cm³/mol. The minimum Gasteiger partial charge on any atom is -0.472 e. The molecule has 0 aromatic carbocycles. The number of nitrogens with one attached hydrogen (secondary N) is 1. The maximum Gasteiger partial charge on any atom is 0.268 e. The molecule has 0 spiro atoms. The van der Waals surface area contributed by atoms with Crippen LogP contribution >= 0.6 is 15.9 Å². The van der Waals surface area contributed by atoms with Crippen molar-refractivity contribution < 1.29 is 9.21 Å². The maximum absolute atomic E-state index is 12.1. The second kappa shape index (κ2) is 5.44. The minimum absolute atomic E-state index is 0.0874. The van der Waals surface area contributed by atoms with Gasteiger partial charge in [-0.2, -0.15) is 0 Å². The summed E-state index contributed by atoms with van der Waals surface area (Å²) in [7, 11) is 0. The van der Waals surface area contributed by atoms with Gasteiger partial charge in [0.05, 0.1) is 12.5 Å². The fourth-order valence-electron chi connectivity index (χ4n) is 1.72. The molecule has 1 N–H and O–H groups in total.